The van der Waals surface area contributed by atoms with Crippen molar-refractivity contribution in [2.75, 3.05) is 4.90 Å². The molecule has 2 heterocycles. The molecule has 2 aromatic carbocycles. The molecule has 0 aliphatic carbocycles. The SMILES string of the molecule is O=C1c2ccccc2C(=O)N1c1ccc(-c2ccco2)cc1. The number of nitrogens with zero attached hydrogens (tertiary/aromatic N) is 1. The number of hydrogen-bond acceptors (Lipinski definition) is 3. The number of carbonyl (C=O) groups is 2. The van der Waals surface area contributed by atoms with E-state index in [1.165, 1.54) is 4.90 Å². The van der Waals surface area contributed by atoms with Gasteiger partial charge in [-0.3, -0.25) is 9.59 Å². The predicted octanol–water partition coefficient (Wildman–Crippen LogP) is 3.75. The van der Waals surface area contributed by atoms with Crippen molar-refractivity contribution in [1.29, 1.82) is 0 Å². The molecule has 0 atom stereocenters. The number of fused-ring (bicyclic) bond motifs is 1. The van der Waals surface area contributed by atoms with Gasteiger partial charge in [0.15, 0.2) is 0 Å². The quantitative estimate of drug-likeness (QED) is 0.675. The van der Waals surface area contributed by atoms with Gasteiger partial charge in [-0.1, -0.05) is 12.1 Å². The average Bonchev–Trinajstić information content (AvgIpc) is 3.17. The van der Waals surface area contributed by atoms with Gasteiger partial charge in [-0.25, -0.2) is 4.90 Å². The van der Waals surface area contributed by atoms with Gasteiger partial charge in [-0.2, -0.15) is 0 Å². The van der Waals surface area contributed by atoms with Crippen LogP contribution in [0.5, 0.6) is 0 Å². The van der Waals surface area contributed by atoms with Crippen LogP contribution in [0.1, 0.15) is 20.7 Å². The Morgan fingerprint density at radius 2 is 1.36 bits per heavy atom. The zero-order valence-electron chi connectivity index (χ0n) is 11.5. The van der Waals surface area contributed by atoms with Crippen LogP contribution in [0.4, 0.5) is 5.69 Å². The van der Waals surface area contributed by atoms with Gasteiger partial charge in [-0.05, 0) is 48.5 Å². The van der Waals surface area contributed by atoms with Crippen LogP contribution in [0.3, 0.4) is 0 Å². The third-order valence-corrected chi connectivity index (χ3v) is 3.73. The fourth-order valence-electron chi connectivity index (χ4n) is 2.64. The highest BCUT2D eigenvalue weighted by molar-refractivity contribution is 6.34. The minimum atomic E-state index is -0.286. The van der Waals surface area contributed by atoms with Crippen LogP contribution in [0, 0.1) is 0 Å². The first kappa shape index (κ1) is 12.6. The molecule has 0 saturated heterocycles. The molecule has 4 heteroatoms. The molecule has 106 valence electrons. The molecule has 1 aliphatic heterocycles. The van der Waals surface area contributed by atoms with Crippen LogP contribution in [-0.4, -0.2) is 11.8 Å². The summed E-state index contributed by atoms with van der Waals surface area (Å²) in [6.07, 6.45) is 1.60. The maximum absolute atomic E-state index is 12.4. The summed E-state index contributed by atoms with van der Waals surface area (Å²) in [7, 11) is 0. The molecule has 0 radical (unpaired) electrons. The zero-order valence-corrected chi connectivity index (χ0v) is 11.5. The smallest absolute Gasteiger partial charge is 0.266 e. The number of hydrogen-bond donors (Lipinski definition) is 0. The Kier molecular flexibility index (Phi) is 2.69. The first-order valence-corrected chi connectivity index (χ1v) is 6.87. The van der Waals surface area contributed by atoms with Crippen molar-refractivity contribution in [1.82, 2.24) is 0 Å². The number of carbonyl (C=O) groups excluding carboxylic acids is 2. The number of anilines is 1. The van der Waals surface area contributed by atoms with E-state index in [9.17, 15) is 9.59 Å². The van der Waals surface area contributed by atoms with Crippen molar-refractivity contribution in [3.63, 3.8) is 0 Å². The lowest BCUT2D eigenvalue weighted by Crippen LogP contribution is -2.29. The summed E-state index contributed by atoms with van der Waals surface area (Å²) < 4.78 is 5.33. The van der Waals surface area contributed by atoms with E-state index < -0.39 is 0 Å². The van der Waals surface area contributed by atoms with Crippen molar-refractivity contribution in [2.24, 2.45) is 0 Å². The van der Waals surface area contributed by atoms with Crippen LogP contribution in [0.25, 0.3) is 11.3 Å². The van der Waals surface area contributed by atoms with Gasteiger partial charge in [0.1, 0.15) is 5.76 Å². The third kappa shape index (κ3) is 1.78. The minimum Gasteiger partial charge on any atom is -0.464 e. The van der Waals surface area contributed by atoms with Crippen LogP contribution >= 0.6 is 0 Å². The molecule has 0 spiro atoms. The molecule has 0 saturated carbocycles. The third-order valence-electron chi connectivity index (χ3n) is 3.73. The first-order valence-electron chi connectivity index (χ1n) is 6.87. The number of imide groups is 1. The van der Waals surface area contributed by atoms with Crippen molar-refractivity contribution >= 4 is 17.5 Å². The van der Waals surface area contributed by atoms with Gasteiger partial charge in [0.25, 0.3) is 11.8 Å². The zero-order chi connectivity index (χ0) is 15.1. The van der Waals surface area contributed by atoms with Gasteiger partial charge >= 0.3 is 0 Å². The molecule has 22 heavy (non-hydrogen) atoms. The Bertz CT molecular complexity index is 829. The van der Waals surface area contributed by atoms with E-state index in [0.717, 1.165) is 11.3 Å². The van der Waals surface area contributed by atoms with E-state index in [-0.39, 0.29) is 11.8 Å². The van der Waals surface area contributed by atoms with Crippen LogP contribution in [-0.2, 0) is 0 Å². The minimum absolute atomic E-state index is 0.286. The second kappa shape index (κ2) is 4.70. The number of amides is 2. The van der Waals surface area contributed by atoms with Gasteiger partial charge < -0.3 is 4.42 Å². The Morgan fingerprint density at radius 3 is 1.91 bits per heavy atom. The number of furan rings is 1. The number of benzene rings is 2. The molecule has 0 unspecified atom stereocenters. The van der Waals surface area contributed by atoms with Crippen LogP contribution in [0.2, 0.25) is 0 Å². The molecule has 1 aliphatic rings. The van der Waals surface area contributed by atoms with E-state index in [0.29, 0.717) is 16.8 Å². The average molecular weight is 289 g/mol. The van der Waals surface area contributed by atoms with Crippen LogP contribution in [0.15, 0.2) is 71.3 Å². The molecule has 1 aromatic heterocycles. The number of rotatable bonds is 2. The molecule has 0 bridgehead atoms. The Labute approximate surface area is 126 Å². The van der Waals surface area contributed by atoms with Crippen LogP contribution < -0.4 is 4.90 Å². The lowest BCUT2D eigenvalue weighted by Gasteiger charge is -2.14. The van der Waals surface area contributed by atoms with Crippen molar-refractivity contribution in [3.8, 4) is 11.3 Å². The monoisotopic (exact) mass is 289 g/mol. The molecular formula is C18H11NO3. The standard InChI is InChI=1S/C18H11NO3/c20-17-14-4-1-2-5-15(14)18(21)19(17)13-9-7-12(8-10-13)16-6-3-11-22-16/h1-11H. The summed E-state index contributed by atoms with van der Waals surface area (Å²) in [5, 5.41) is 0. The lowest BCUT2D eigenvalue weighted by molar-refractivity contribution is 0.0926. The second-order valence-electron chi connectivity index (χ2n) is 5.02. The van der Waals surface area contributed by atoms with E-state index in [2.05, 4.69) is 0 Å². The van der Waals surface area contributed by atoms with E-state index >= 15 is 0 Å². The molecule has 2 amide bonds. The molecule has 4 nitrogen and oxygen atoms in total. The van der Waals surface area contributed by atoms with Crippen molar-refractivity contribution in [3.05, 3.63) is 78.1 Å². The fraction of sp³-hybridized carbons (Fsp3) is 0. The Balaban J connectivity index is 1.72. The second-order valence-corrected chi connectivity index (χ2v) is 5.02. The highest BCUT2D eigenvalue weighted by atomic mass is 16.3. The van der Waals surface area contributed by atoms with E-state index in [1.54, 1.807) is 42.7 Å². The van der Waals surface area contributed by atoms with Gasteiger partial charge in [0, 0.05) is 5.56 Å². The summed E-state index contributed by atoms with van der Waals surface area (Å²) in [5.74, 6) is 0.173. The highest BCUT2D eigenvalue weighted by Gasteiger charge is 2.36. The Morgan fingerprint density at radius 1 is 0.727 bits per heavy atom. The molecule has 4 rings (SSSR count). The maximum atomic E-state index is 12.4. The fourth-order valence-corrected chi connectivity index (χ4v) is 2.64. The van der Waals surface area contributed by atoms with E-state index in [4.69, 9.17) is 4.42 Å². The predicted molar refractivity (Wildman–Crippen MR) is 81.7 cm³/mol. The van der Waals surface area contributed by atoms with Gasteiger partial charge in [-0.15, -0.1) is 0 Å². The summed E-state index contributed by atoms with van der Waals surface area (Å²) in [5.41, 5.74) is 2.34. The molecule has 0 fully saturated rings. The summed E-state index contributed by atoms with van der Waals surface area (Å²) in [6, 6.07) is 17.7. The first-order chi connectivity index (χ1) is 10.8. The Hall–Kier alpha value is -3.14. The summed E-state index contributed by atoms with van der Waals surface area (Å²) >= 11 is 0. The molecule has 0 N–H and O–H groups in total. The van der Waals surface area contributed by atoms with Crippen molar-refractivity contribution < 1.29 is 14.0 Å². The van der Waals surface area contributed by atoms with Gasteiger partial charge in [0.05, 0.1) is 23.1 Å². The topological polar surface area (TPSA) is 50.5 Å². The maximum Gasteiger partial charge on any atom is 0.266 e. The normalized spacial score (nSPS) is 13.5. The van der Waals surface area contributed by atoms with Crippen molar-refractivity contribution in [2.45, 2.75) is 0 Å². The summed E-state index contributed by atoms with van der Waals surface area (Å²) in [6.45, 7) is 0. The highest BCUT2D eigenvalue weighted by Crippen LogP contribution is 2.30. The molecular weight excluding hydrogens is 278 g/mol. The molecule has 3 aromatic rings. The lowest BCUT2D eigenvalue weighted by atomic mass is 10.1. The summed E-state index contributed by atoms with van der Waals surface area (Å²) in [4.78, 5) is 26.0. The van der Waals surface area contributed by atoms with E-state index in [1.807, 2.05) is 24.3 Å². The largest absolute Gasteiger partial charge is 0.464 e. The van der Waals surface area contributed by atoms with Gasteiger partial charge in [0.2, 0.25) is 0 Å².